The zero-order chi connectivity index (χ0) is 14.2. The lowest BCUT2D eigenvalue weighted by atomic mass is 10.2. The van der Waals surface area contributed by atoms with Crippen molar-refractivity contribution in [1.82, 2.24) is 14.6 Å². The van der Waals surface area contributed by atoms with E-state index in [2.05, 4.69) is 38.9 Å². The summed E-state index contributed by atoms with van der Waals surface area (Å²) >= 11 is 1.63. The molecule has 0 saturated heterocycles. The van der Waals surface area contributed by atoms with Gasteiger partial charge >= 0.3 is 0 Å². The number of ether oxygens (including phenoxy) is 1. The van der Waals surface area contributed by atoms with Gasteiger partial charge in [0, 0.05) is 5.56 Å². The Hall–Kier alpha value is -2.40. The molecule has 0 atom stereocenters. The molecule has 104 valence electrons. The first-order chi connectivity index (χ1) is 10.4. The van der Waals surface area contributed by atoms with Gasteiger partial charge < -0.3 is 4.74 Å². The van der Waals surface area contributed by atoms with Crippen LogP contribution in [0.4, 0.5) is 0 Å². The quantitative estimate of drug-likeness (QED) is 0.573. The Labute approximate surface area is 125 Å². The standard InChI is InChI=1S/C16H13N3OS/c1-2-20-12-8-9-13-14(10-12)21-16-18-17-15(19(13)16)11-6-4-3-5-7-11/h3-10H,2H2,1H3. The fourth-order valence-electron chi connectivity index (χ4n) is 2.44. The van der Waals surface area contributed by atoms with Gasteiger partial charge in [0.25, 0.3) is 0 Å². The Kier molecular flexibility index (Phi) is 2.86. The van der Waals surface area contributed by atoms with Crippen molar-refractivity contribution in [2.24, 2.45) is 0 Å². The first-order valence-corrected chi connectivity index (χ1v) is 7.64. The number of rotatable bonds is 3. The normalized spacial score (nSPS) is 11.3. The molecule has 0 aliphatic rings. The molecule has 2 aromatic heterocycles. The molecule has 2 aromatic carbocycles. The van der Waals surface area contributed by atoms with E-state index in [1.807, 2.05) is 31.2 Å². The van der Waals surface area contributed by atoms with E-state index in [1.165, 1.54) is 0 Å². The van der Waals surface area contributed by atoms with E-state index in [4.69, 9.17) is 4.74 Å². The third kappa shape index (κ3) is 1.97. The SMILES string of the molecule is CCOc1ccc2c(c1)sc1nnc(-c3ccccc3)n12. The lowest BCUT2D eigenvalue weighted by Gasteiger charge is -2.03. The fraction of sp³-hybridized carbons (Fsp3) is 0.125. The van der Waals surface area contributed by atoms with Crippen molar-refractivity contribution in [2.75, 3.05) is 6.61 Å². The van der Waals surface area contributed by atoms with Gasteiger partial charge in [0.05, 0.1) is 16.8 Å². The summed E-state index contributed by atoms with van der Waals surface area (Å²) in [6, 6.07) is 16.3. The van der Waals surface area contributed by atoms with Gasteiger partial charge in [-0.05, 0) is 25.1 Å². The predicted octanol–water partition coefficient (Wildman–Crippen LogP) is 4.01. The van der Waals surface area contributed by atoms with Crippen molar-refractivity contribution in [3.8, 4) is 17.1 Å². The second kappa shape index (κ2) is 4.86. The third-order valence-corrected chi connectivity index (χ3v) is 4.34. The van der Waals surface area contributed by atoms with Crippen LogP contribution in [0.2, 0.25) is 0 Å². The zero-order valence-electron chi connectivity index (χ0n) is 11.5. The Bertz CT molecular complexity index is 911. The van der Waals surface area contributed by atoms with E-state index in [9.17, 15) is 0 Å². The highest BCUT2D eigenvalue weighted by atomic mass is 32.1. The van der Waals surface area contributed by atoms with E-state index in [0.29, 0.717) is 6.61 Å². The van der Waals surface area contributed by atoms with Crippen LogP contribution in [-0.2, 0) is 0 Å². The van der Waals surface area contributed by atoms with Crippen LogP contribution in [0.3, 0.4) is 0 Å². The summed E-state index contributed by atoms with van der Waals surface area (Å²) in [4.78, 5) is 0.900. The van der Waals surface area contributed by atoms with Crippen molar-refractivity contribution in [2.45, 2.75) is 6.92 Å². The van der Waals surface area contributed by atoms with Gasteiger partial charge in [-0.3, -0.25) is 4.40 Å². The highest BCUT2D eigenvalue weighted by molar-refractivity contribution is 7.23. The molecule has 0 aliphatic carbocycles. The molecular weight excluding hydrogens is 282 g/mol. The van der Waals surface area contributed by atoms with E-state index in [0.717, 1.165) is 32.3 Å². The van der Waals surface area contributed by atoms with Gasteiger partial charge in [0.15, 0.2) is 5.82 Å². The second-order valence-corrected chi connectivity index (χ2v) is 5.68. The van der Waals surface area contributed by atoms with Crippen LogP contribution in [0.5, 0.6) is 5.75 Å². The fourth-order valence-corrected chi connectivity index (χ4v) is 3.44. The summed E-state index contributed by atoms with van der Waals surface area (Å²) in [6.07, 6.45) is 0. The van der Waals surface area contributed by atoms with E-state index in [-0.39, 0.29) is 0 Å². The van der Waals surface area contributed by atoms with Crippen molar-refractivity contribution >= 4 is 26.5 Å². The summed E-state index contributed by atoms with van der Waals surface area (Å²) < 4.78 is 8.82. The van der Waals surface area contributed by atoms with Gasteiger partial charge in [-0.25, -0.2) is 0 Å². The molecule has 0 fully saturated rings. The molecule has 0 unspecified atom stereocenters. The molecule has 5 heteroatoms. The van der Waals surface area contributed by atoms with Crippen molar-refractivity contribution in [3.05, 3.63) is 48.5 Å². The minimum Gasteiger partial charge on any atom is -0.494 e. The van der Waals surface area contributed by atoms with E-state index >= 15 is 0 Å². The van der Waals surface area contributed by atoms with Crippen LogP contribution in [0.15, 0.2) is 48.5 Å². The highest BCUT2D eigenvalue weighted by Crippen LogP contribution is 2.32. The Balaban J connectivity index is 1.96. The number of fused-ring (bicyclic) bond motifs is 3. The van der Waals surface area contributed by atoms with Crippen molar-refractivity contribution < 1.29 is 4.74 Å². The molecule has 2 heterocycles. The first kappa shape index (κ1) is 12.3. The summed E-state index contributed by atoms with van der Waals surface area (Å²) in [6.45, 7) is 2.66. The third-order valence-electron chi connectivity index (χ3n) is 3.35. The summed E-state index contributed by atoms with van der Waals surface area (Å²) in [5.74, 6) is 1.77. The molecule has 21 heavy (non-hydrogen) atoms. The van der Waals surface area contributed by atoms with Gasteiger partial charge in [-0.15, -0.1) is 10.2 Å². The number of nitrogens with zero attached hydrogens (tertiary/aromatic N) is 3. The van der Waals surface area contributed by atoms with Crippen LogP contribution in [0, 0.1) is 0 Å². The molecule has 4 aromatic rings. The maximum Gasteiger partial charge on any atom is 0.217 e. The summed E-state index contributed by atoms with van der Waals surface area (Å²) in [5, 5.41) is 8.63. The minimum atomic E-state index is 0.671. The average Bonchev–Trinajstić information content (AvgIpc) is 3.07. The lowest BCUT2D eigenvalue weighted by Crippen LogP contribution is -1.91. The molecule has 4 nitrogen and oxygen atoms in total. The molecule has 0 saturated carbocycles. The van der Waals surface area contributed by atoms with Crippen LogP contribution in [0.1, 0.15) is 6.92 Å². The first-order valence-electron chi connectivity index (χ1n) is 6.82. The van der Waals surface area contributed by atoms with Crippen LogP contribution < -0.4 is 4.74 Å². The lowest BCUT2D eigenvalue weighted by molar-refractivity contribution is 0.341. The Morgan fingerprint density at radius 2 is 1.95 bits per heavy atom. The van der Waals surface area contributed by atoms with Gasteiger partial charge in [-0.2, -0.15) is 0 Å². The molecular formula is C16H13N3OS. The van der Waals surface area contributed by atoms with E-state index < -0.39 is 0 Å². The van der Waals surface area contributed by atoms with E-state index in [1.54, 1.807) is 11.3 Å². The maximum absolute atomic E-state index is 5.56. The molecule has 4 rings (SSSR count). The Morgan fingerprint density at radius 3 is 2.76 bits per heavy atom. The van der Waals surface area contributed by atoms with Gasteiger partial charge in [0.1, 0.15) is 5.75 Å². The number of hydrogen-bond acceptors (Lipinski definition) is 4. The molecule has 0 radical (unpaired) electrons. The maximum atomic E-state index is 5.56. The molecule has 0 spiro atoms. The molecule has 0 N–H and O–H groups in total. The van der Waals surface area contributed by atoms with Crippen LogP contribution >= 0.6 is 11.3 Å². The number of aromatic nitrogens is 3. The van der Waals surface area contributed by atoms with Gasteiger partial charge in [0.2, 0.25) is 4.96 Å². The number of hydrogen-bond donors (Lipinski definition) is 0. The number of benzene rings is 2. The highest BCUT2D eigenvalue weighted by Gasteiger charge is 2.14. The zero-order valence-corrected chi connectivity index (χ0v) is 12.3. The van der Waals surface area contributed by atoms with Gasteiger partial charge in [-0.1, -0.05) is 41.7 Å². The minimum absolute atomic E-state index is 0.671. The second-order valence-electron chi connectivity index (χ2n) is 4.67. The largest absolute Gasteiger partial charge is 0.494 e. The Morgan fingerprint density at radius 1 is 1.10 bits per heavy atom. The summed E-state index contributed by atoms with van der Waals surface area (Å²) in [5.41, 5.74) is 2.18. The summed E-state index contributed by atoms with van der Waals surface area (Å²) in [7, 11) is 0. The molecule has 0 aliphatic heterocycles. The van der Waals surface area contributed by atoms with Crippen molar-refractivity contribution in [1.29, 1.82) is 0 Å². The van der Waals surface area contributed by atoms with Crippen LogP contribution in [0.25, 0.3) is 26.6 Å². The predicted molar refractivity (Wildman–Crippen MR) is 85.0 cm³/mol. The molecule has 0 amide bonds. The smallest absolute Gasteiger partial charge is 0.217 e. The van der Waals surface area contributed by atoms with Crippen LogP contribution in [-0.4, -0.2) is 21.2 Å². The average molecular weight is 295 g/mol. The molecule has 0 bridgehead atoms. The number of thiazole rings is 1. The topological polar surface area (TPSA) is 39.4 Å². The monoisotopic (exact) mass is 295 g/mol. The van der Waals surface area contributed by atoms with Crippen molar-refractivity contribution in [3.63, 3.8) is 0 Å².